The highest BCUT2D eigenvalue weighted by Gasteiger charge is 2.36. The summed E-state index contributed by atoms with van der Waals surface area (Å²) in [6, 6.07) is 4.10. The summed E-state index contributed by atoms with van der Waals surface area (Å²) in [6.07, 6.45) is 2.29. The quantitative estimate of drug-likeness (QED) is 0.907. The number of nitrogens with zero attached hydrogens (tertiary/aromatic N) is 1. The molecule has 0 radical (unpaired) electrons. The average Bonchev–Trinajstić information content (AvgIpc) is 2.89. The lowest BCUT2D eigenvalue weighted by Gasteiger charge is -2.21. The molecule has 1 heterocycles. The number of aryl methyl sites for hydroxylation is 1. The molecule has 116 valence electrons. The highest BCUT2D eigenvalue weighted by atomic mass is 32.2. The van der Waals surface area contributed by atoms with Gasteiger partial charge in [-0.1, -0.05) is 12.1 Å². The third kappa shape index (κ3) is 3.79. The van der Waals surface area contributed by atoms with Crippen molar-refractivity contribution in [3.05, 3.63) is 35.1 Å². The minimum Gasteiger partial charge on any atom is -0.351 e. The van der Waals surface area contributed by atoms with Gasteiger partial charge in [-0.05, 0) is 37.0 Å². The predicted octanol–water partition coefficient (Wildman–Crippen LogP) is 1.17. The van der Waals surface area contributed by atoms with E-state index in [1.54, 1.807) is 19.1 Å². The monoisotopic (exact) mass is 314 g/mol. The molecule has 7 heteroatoms. The molecule has 1 aromatic carbocycles. The van der Waals surface area contributed by atoms with Crippen LogP contribution in [0.25, 0.3) is 0 Å². The van der Waals surface area contributed by atoms with Gasteiger partial charge < -0.3 is 5.32 Å². The van der Waals surface area contributed by atoms with Crippen LogP contribution in [0.2, 0.25) is 0 Å². The summed E-state index contributed by atoms with van der Waals surface area (Å²) in [6.45, 7) is 2.22. The molecule has 2 rings (SSSR count). The molecule has 1 unspecified atom stereocenters. The summed E-state index contributed by atoms with van der Waals surface area (Å²) in [4.78, 5) is 12.1. The maximum atomic E-state index is 13.4. The van der Waals surface area contributed by atoms with Crippen molar-refractivity contribution in [2.75, 3.05) is 12.8 Å². The highest BCUT2D eigenvalue weighted by Crippen LogP contribution is 2.20. The standard InChI is InChI=1S/C14H19FN2O3S/c1-10-5-6-11(8-12(10)15)9-16-14(18)13-4-3-7-17(13)21(2,19)20/h5-6,8,13H,3-4,7,9H2,1-2H3,(H,16,18). The molecule has 1 aliphatic heterocycles. The van der Waals surface area contributed by atoms with E-state index in [-0.39, 0.29) is 18.3 Å². The van der Waals surface area contributed by atoms with Gasteiger partial charge in [0.15, 0.2) is 0 Å². The fourth-order valence-electron chi connectivity index (χ4n) is 2.45. The van der Waals surface area contributed by atoms with Crippen molar-refractivity contribution in [3.63, 3.8) is 0 Å². The van der Waals surface area contributed by atoms with Gasteiger partial charge in [0.2, 0.25) is 15.9 Å². The van der Waals surface area contributed by atoms with Crippen molar-refractivity contribution in [2.24, 2.45) is 0 Å². The van der Waals surface area contributed by atoms with E-state index in [1.165, 1.54) is 10.4 Å². The Morgan fingerprint density at radius 3 is 2.81 bits per heavy atom. The van der Waals surface area contributed by atoms with Gasteiger partial charge >= 0.3 is 0 Å². The van der Waals surface area contributed by atoms with Crippen LogP contribution in [0.4, 0.5) is 4.39 Å². The zero-order chi connectivity index (χ0) is 15.6. The van der Waals surface area contributed by atoms with Gasteiger partial charge in [0.25, 0.3) is 0 Å². The third-order valence-corrected chi connectivity index (χ3v) is 4.92. The minimum absolute atomic E-state index is 0.185. The molecule has 21 heavy (non-hydrogen) atoms. The SMILES string of the molecule is Cc1ccc(CNC(=O)C2CCCN2S(C)(=O)=O)cc1F. The Bertz CT molecular complexity index is 646. The van der Waals surface area contributed by atoms with Crippen molar-refractivity contribution in [3.8, 4) is 0 Å². The van der Waals surface area contributed by atoms with Gasteiger partial charge in [-0.2, -0.15) is 4.31 Å². The van der Waals surface area contributed by atoms with Crippen LogP contribution in [0, 0.1) is 12.7 Å². The molecule has 0 aromatic heterocycles. The van der Waals surface area contributed by atoms with E-state index in [1.807, 2.05) is 0 Å². The second-order valence-electron chi connectivity index (χ2n) is 5.33. The Morgan fingerprint density at radius 1 is 1.48 bits per heavy atom. The van der Waals surface area contributed by atoms with Crippen molar-refractivity contribution in [1.29, 1.82) is 0 Å². The van der Waals surface area contributed by atoms with Gasteiger partial charge in [0, 0.05) is 13.1 Å². The minimum atomic E-state index is -3.38. The second kappa shape index (κ2) is 6.11. The van der Waals surface area contributed by atoms with E-state index in [0.29, 0.717) is 30.5 Å². The summed E-state index contributed by atoms with van der Waals surface area (Å²) >= 11 is 0. The first-order valence-corrected chi connectivity index (χ1v) is 8.63. The Labute approximate surface area is 124 Å². The molecule has 5 nitrogen and oxygen atoms in total. The molecule has 0 saturated carbocycles. The van der Waals surface area contributed by atoms with E-state index >= 15 is 0 Å². The van der Waals surface area contributed by atoms with E-state index in [9.17, 15) is 17.6 Å². The first-order valence-electron chi connectivity index (χ1n) is 6.78. The average molecular weight is 314 g/mol. The molecule has 1 N–H and O–H groups in total. The van der Waals surface area contributed by atoms with Crippen LogP contribution >= 0.6 is 0 Å². The van der Waals surface area contributed by atoms with Crippen LogP contribution in [-0.4, -0.2) is 37.5 Å². The van der Waals surface area contributed by atoms with Crippen LogP contribution in [-0.2, 0) is 21.4 Å². The molecule has 1 amide bonds. The van der Waals surface area contributed by atoms with Crippen LogP contribution in [0.15, 0.2) is 18.2 Å². The number of halogens is 1. The van der Waals surface area contributed by atoms with Gasteiger partial charge in [-0.3, -0.25) is 4.79 Å². The second-order valence-corrected chi connectivity index (χ2v) is 7.27. The molecule has 0 spiro atoms. The summed E-state index contributed by atoms with van der Waals surface area (Å²) in [5.41, 5.74) is 1.19. The summed E-state index contributed by atoms with van der Waals surface area (Å²) in [5.74, 6) is -0.653. The first kappa shape index (κ1) is 15.9. The molecule has 1 saturated heterocycles. The van der Waals surface area contributed by atoms with Gasteiger partial charge in [0.1, 0.15) is 11.9 Å². The fraction of sp³-hybridized carbons (Fsp3) is 0.500. The van der Waals surface area contributed by atoms with Crippen molar-refractivity contribution in [1.82, 2.24) is 9.62 Å². The molecule has 0 bridgehead atoms. The number of hydrogen-bond acceptors (Lipinski definition) is 3. The largest absolute Gasteiger partial charge is 0.351 e. The lowest BCUT2D eigenvalue weighted by Crippen LogP contribution is -2.45. The lowest BCUT2D eigenvalue weighted by molar-refractivity contribution is -0.124. The van der Waals surface area contributed by atoms with E-state index in [0.717, 1.165) is 6.26 Å². The number of benzene rings is 1. The van der Waals surface area contributed by atoms with E-state index < -0.39 is 16.1 Å². The Morgan fingerprint density at radius 2 is 2.19 bits per heavy atom. The van der Waals surface area contributed by atoms with Crippen molar-refractivity contribution < 1.29 is 17.6 Å². The molecular formula is C14H19FN2O3S. The zero-order valence-corrected chi connectivity index (χ0v) is 12.9. The number of rotatable bonds is 4. The molecule has 1 aromatic rings. The lowest BCUT2D eigenvalue weighted by atomic mass is 10.1. The maximum absolute atomic E-state index is 13.4. The maximum Gasteiger partial charge on any atom is 0.238 e. The summed E-state index contributed by atoms with van der Waals surface area (Å²) in [5, 5.41) is 2.68. The summed E-state index contributed by atoms with van der Waals surface area (Å²) in [7, 11) is -3.38. The number of carbonyl (C=O) groups excluding carboxylic acids is 1. The Balaban J connectivity index is 2.00. The molecule has 1 atom stereocenters. The predicted molar refractivity (Wildman–Crippen MR) is 77.6 cm³/mol. The smallest absolute Gasteiger partial charge is 0.238 e. The van der Waals surface area contributed by atoms with E-state index in [4.69, 9.17) is 0 Å². The fourth-order valence-corrected chi connectivity index (χ4v) is 3.58. The third-order valence-electron chi connectivity index (χ3n) is 3.64. The topological polar surface area (TPSA) is 66.5 Å². The Kier molecular flexibility index (Phi) is 4.63. The number of amides is 1. The van der Waals surface area contributed by atoms with Gasteiger partial charge in [-0.25, -0.2) is 12.8 Å². The molecular weight excluding hydrogens is 295 g/mol. The molecule has 0 aliphatic carbocycles. The molecule has 1 fully saturated rings. The van der Waals surface area contributed by atoms with Crippen molar-refractivity contribution >= 4 is 15.9 Å². The number of hydrogen-bond donors (Lipinski definition) is 1. The van der Waals surface area contributed by atoms with E-state index in [2.05, 4.69) is 5.32 Å². The number of carbonyl (C=O) groups is 1. The zero-order valence-electron chi connectivity index (χ0n) is 12.1. The molecule has 1 aliphatic rings. The first-order chi connectivity index (χ1) is 9.79. The van der Waals surface area contributed by atoms with Crippen LogP contribution in [0.3, 0.4) is 0 Å². The number of sulfonamides is 1. The van der Waals surface area contributed by atoms with Crippen LogP contribution < -0.4 is 5.32 Å². The van der Waals surface area contributed by atoms with Gasteiger partial charge in [0.05, 0.1) is 6.26 Å². The summed E-state index contributed by atoms with van der Waals surface area (Å²) < 4.78 is 37.8. The normalized spacial score (nSPS) is 19.7. The Hall–Kier alpha value is -1.47. The van der Waals surface area contributed by atoms with Gasteiger partial charge in [-0.15, -0.1) is 0 Å². The van der Waals surface area contributed by atoms with Crippen LogP contribution in [0.1, 0.15) is 24.0 Å². The highest BCUT2D eigenvalue weighted by molar-refractivity contribution is 7.88. The number of nitrogens with one attached hydrogen (secondary N) is 1. The van der Waals surface area contributed by atoms with Crippen molar-refractivity contribution in [2.45, 2.75) is 32.4 Å². The van der Waals surface area contributed by atoms with Crippen LogP contribution in [0.5, 0.6) is 0 Å².